The third-order valence-electron chi connectivity index (χ3n) is 2.17. The summed E-state index contributed by atoms with van der Waals surface area (Å²) in [6.07, 6.45) is 3.39. The SMILES string of the molecule is CC=CC(=O)c1ccccc1C(C)C. The van der Waals surface area contributed by atoms with Gasteiger partial charge in [0, 0.05) is 5.56 Å². The van der Waals surface area contributed by atoms with E-state index in [1.807, 2.05) is 31.2 Å². The molecule has 0 radical (unpaired) electrons. The van der Waals surface area contributed by atoms with Crippen LogP contribution < -0.4 is 0 Å². The quantitative estimate of drug-likeness (QED) is 0.523. The third kappa shape index (κ3) is 2.32. The van der Waals surface area contributed by atoms with Crippen LogP contribution in [0.4, 0.5) is 0 Å². The molecule has 0 saturated heterocycles. The zero-order chi connectivity index (χ0) is 10.6. The lowest BCUT2D eigenvalue weighted by molar-refractivity contribution is 0.104. The number of ketones is 1. The van der Waals surface area contributed by atoms with Crippen molar-refractivity contribution in [1.82, 2.24) is 0 Å². The van der Waals surface area contributed by atoms with E-state index in [0.29, 0.717) is 5.92 Å². The van der Waals surface area contributed by atoms with E-state index in [0.717, 1.165) is 11.1 Å². The monoisotopic (exact) mass is 188 g/mol. The van der Waals surface area contributed by atoms with Gasteiger partial charge in [-0.3, -0.25) is 4.79 Å². The van der Waals surface area contributed by atoms with Crippen molar-refractivity contribution in [3.05, 3.63) is 47.5 Å². The van der Waals surface area contributed by atoms with E-state index < -0.39 is 0 Å². The van der Waals surface area contributed by atoms with E-state index >= 15 is 0 Å². The smallest absolute Gasteiger partial charge is 0.185 e. The summed E-state index contributed by atoms with van der Waals surface area (Å²) >= 11 is 0. The minimum atomic E-state index is 0.0943. The second-order valence-corrected chi connectivity index (χ2v) is 3.61. The molecule has 0 amide bonds. The van der Waals surface area contributed by atoms with E-state index in [4.69, 9.17) is 0 Å². The zero-order valence-electron chi connectivity index (χ0n) is 8.95. The first-order valence-corrected chi connectivity index (χ1v) is 4.92. The molecule has 1 aromatic carbocycles. The first-order valence-electron chi connectivity index (χ1n) is 4.92. The van der Waals surface area contributed by atoms with Crippen molar-refractivity contribution in [3.8, 4) is 0 Å². The van der Waals surface area contributed by atoms with E-state index in [9.17, 15) is 4.79 Å². The maximum atomic E-state index is 11.7. The summed E-state index contributed by atoms with van der Waals surface area (Å²) in [7, 11) is 0. The van der Waals surface area contributed by atoms with Gasteiger partial charge in [-0.15, -0.1) is 0 Å². The van der Waals surface area contributed by atoms with Crippen molar-refractivity contribution in [2.24, 2.45) is 0 Å². The molecule has 74 valence electrons. The zero-order valence-corrected chi connectivity index (χ0v) is 8.95. The molecular formula is C13H16O. The molecule has 14 heavy (non-hydrogen) atoms. The highest BCUT2D eigenvalue weighted by Gasteiger charge is 2.09. The molecule has 1 nitrogen and oxygen atoms in total. The standard InChI is InChI=1S/C13H16O/c1-4-7-13(14)12-9-6-5-8-11(12)10(2)3/h4-10H,1-3H3. The van der Waals surface area contributed by atoms with Crippen molar-refractivity contribution in [1.29, 1.82) is 0 Å². The van der Waals surface area contributed by atoms with Crippen molar-refractivity contribution >= 4 is 5.78 Å². The maximum absolute atomic E-state index is 11.7. The lowest BCUT2D eigenvalue weighted by atomic mass is 9.95. The van der Waals surface area contributed by atoms with E-state index in [1.54, 1.807) is 12.2 Å². The van der Waals surface area contributed by atoms with Gasteiger partial charge in [0.05, 0.1) is 0 Å². The molecule has 0 N–H and O–H groups in total. The first kappa shape index (κ1) is 10.7. The Kier molecular flexibility index (Phi) is 3.63. The second-order valence-electron chi connectivity index (χ2n) is 3.61. The molecule has 1 heteroatoms. The third-order valence-corrected chi connectivity index (χ3v) is 2.17. The van der Waals surface area contributed by atoms with Crippen LogP contribution in [0.15, 0.2) is 36.4 Å². The summed E-state index contributed by atoms with van der Waals surface area (Å²) in [6.45, 7) is 6.05. The van der Waals surface area contributed by atoms with Crippen LogP contribution in [0.25, 0.3) is 0 Å². The van der Waals surface area contributed by atoms with Gasteiger partial charge in [0.1, 0.15) is 0 Å². The molecule has 0 unspecified atom stereocenters. The molecule has 0 saturated carbocycles. The summed E-state index contributed by atoms with van der Waals surface area (Å²) in [4.78, 5) is 11.7. The van der Waals surface area contributed by atoms with Crippen LogP contribution in [-0.2, 0) is 0 Å². The number of allylic oxidation sites excluding steroid dienone is 2. The summed E-state index contributed by atoms with van der Waals surface area (Å²) in [6, 6.07) is 7.78. The molecule has 1 aromatic rings. The summed E-state index contributed by atoms with van der Waals surface area (Å²) in [5, 5.41) is 0. The highest BCUT2D eigenvalue weighted by Crippen LogP contribution is 2.19. The van der Waals surface area contributed by atoms with Crippen molar-refractivity contribution < 1.29 is 4.79 Å². The number of benzene rings is 1. The van der Waals surface area contributed by atoms with Crippen molar-refractivity contribution in [3.63, 3.8) is 0 Å². The van der Waals surface area contributed by atoms with Crippen LogP contribution in [0.5, 0.6) is 0 Å². The van der Waals surface area contributed by atoms with Gasteiger partial charge in [0.15, 0.2) is 5.78 Å². The predicted octanol–water partition coefficient (Wildman–Crippen LogP) is 3.57. The van der Waals surface area contributed by atoms with Crippen LogP contribution >= 0.6 is 0 Å². The van der Waals surface area contributed by atoms with Crippen LogP contribution in [0.1, 0.15) is 42.6 Å². The van der Waals surface area contributed by atoms with E-state index in [-0.39, 0.29) is 5.78 Å². The molecule has 0 aliphatic rings. The van der Waals surface area contributed by atoms with Gasteiger partial charge in [0.25, 0.3) is 0 Å². The Morgan fingerprint density at radius 3 is 2.50 bits per heavy atom. The van der Waals surface area contributed by atoms with Gasteiger partial charge in [0.2, 0.25) is 0 Å². The fraction of sp³-hybridized carbons (Fsp3) is 0.308. The van der Waals surface area contributed by atoms with Crippen molar-refractivity contribution in [2.45, 2.75) is 26.7 Å². The molecule has 0 heterocycles. The van der Waals surface area contributed by atoms with Gasteiger partial charge >= 0.3 is 0 Å². The Balaban J connectivity index is 3.13. The Labute approximate surface area is 85.5 Å². The molecular weight excluding hydrogens is 172 g/mol. The van der Waals surface area contributed by atoms with Crippen LogP contribution in [0, 0.1) is 0 Å². The first-order chi connectivity index (χ1) is 6.66. The predicted molar refractivity (Wildman–Crippen MR) is 59.7 cm³/mol. The van der Waals surface area contributed by atoms with Gasteiger partial charge in [-0.25, -0.2) is 0 Å². The molecule has 0 fully saturated rings. The molecule has 0 atom stereocenters. The molecule has 0 aliphatic heterocycles. The lowest BCUT2D eigenvalue weighted by Crippen LogP contribution is -2.01. The van der Waals surface area contributed by atoms with Crippen LogP contribution in [0.3, 0.4) is 0 Å². The average Bonchev–Trinajstić information content (AvgIpc) is 2.18. The Morgan fingerprint density at radius 2 is 1.93 bits per heavy atom. The van der Waals surface area contributed by atoms with Gasteiger partial charge in [-0.2, -0.15) is 0 Å². The fourth-order valence-corrected chi connectivity index (χ4v) is 1.47. The van der Waals surface area contributed by atoms with E-state index in [1.165, 1.54) is 0 Å². The topological polar surface area (TPSA) is 17.1 Å². The number of carbonyl (C=O) groups excluding carboxylic acids is 1. The highest BCUT2D eigenvalue weighted by atomic mass is 16.1. The largest absolute Gasteiger partial charge is 0.289 e. The highest BCUT2D eigenvalue weighted by molar-refractivity contribution is 6.05. The van der Waals surface area contributed by atoms with Crippen LogP contribution in [-0.4, -0.2) is 5.78 Å². The fourth-order valence-electron chi connectivity index (χ4n) is 1.47. The Morgan fingerprint density at radius 1 is 1.29 bits per heavy atom. The average molecular weight is 188 g/mol. The summed E-state index contributed by atoms with van der Waals surface area (Å²) in [5.41, 5.74) is 1.94. The molecule has 0 aromatic heterocycles. The molecule has 1 rings (SSSR count). The maximum Gasteiger partial charge on any atom is 0.185 e. The second kappa shape index (κ2) is 4.75. The lowest BCUT2D eigenvalue weighted by Gasteiger charge is -2.09. The molecule has 0 spiro atoms. The number of carbonyl (C=O) groups is 1. The minimum absolute atomic E-state index is 0.0943. The summed E-state index contributed by atoms with van der Waals surface area (Å²) in [5.74, 6) is 0.484. The van der Waals surface area contributed by atoms with Gasteiger partial charge in [-0.05, 0) is 24.5 Å². The number of rotatable bonds is 3. The number of hydrogen-bond donors (Lipinski definition) is 0. The Bertz CT molecular complexity index is 348. The van der Waals surface area contributed by atoms with Crippen LogP contribution in [0.2, 0.25) is 0 Å². The normalized spacial score (nSPS) is 11.1. The number of hydrogen-bond acceptors (Lipinski definition) is 1. The molecule has 0 aliphatic carbocycles. The van der Waals surface area contributed by atoms with Crippen molar-refractivity contribution in [2.75, 3.05) is 0 Å². The molecule has 0 bridgehead atoms. The van der Waals surface area contributed by atoms with Gasteiger partial charge in [-0.1, -0.05) is 44.2 Å². The minimum Gasteiger partial charge on any atom is -0.289 e. The van der Waals surface area contributed by atoms with Gasteiger partial charge < -0.3 is 0 Å². The summed E-state index contributed by atoms with van der Waals surface area (Å²) < 4.78 is 0. The van der Waals surface area contributed by atoms with E-state index in [2.05, 4.69) is 13.8 Å². The Hall–Kier alpha value is -1.37.